The van der Waals surface area contributed by atoms with Crippen molar-refractivity contribution in [3.8, 4) is 17.2 Å². The smallest absolute Gasteiger partial charge is 0.308 e. The molecule has 0 spiro atoms. The number of phenolic OH excluding ortho intramolecular Hbond substituents is 2. The first kappa shape index (κ1) is 18.2. The van der Waals surface area contributed by atoms with Gasteiger partial charge in [0.2, 0.25) is 0 Å². The quantitative estimate of drug-likeness (QED) is 0.275. The van der Waals surface area contributed by atoms with Crippen LogP contribution in [-0.2, 0) is 14.9 Å². The molecule has 0 fully saturated rings. The van der Waals surface area contributed by atoms with E-state index in [0.717, 1.165) is 0 Å². The maximum Gasteiger partial charge on any atom is 0.308 e. The van der Waals surface area contributed by atoms with Crippen LogP contribution in [0.3, 0.4) is 0 Å². The molecule has 0 atom stereocenters. The van der Waals surface area contributed by atoms with E-state index in [4.69, 9.17) is 9.29 Å². The van der Waals surface area contributed by atoms with Gasteiger partial charge in [0.1, 0.15) is 22.1 Å². The van der Waals surface area contributed by atoms with E-state index >= 15 is 0 Å². The fourth-order valence-corrected chi connectivity index (χ4v) is 2.53. The van der Waals surface area contributed by atoms with Crippen LogP contribution in [0.5, 0.6) is 17.2 Å². The number of nitrogens with one attached hydrogen (secondary N) is 1. The Bertz CT molecular complexity index is 952. The molecule has 0 bridgehead atoms. The summed E-state index contributed by atoms with van der Waals surface area (Å²) in [6.45, 7) is 1.21. The number of phenols is 2. The van der Waals surface area contributed by atoms with Gasteiger partial charge in [0, 0.05) is 24.7 Å². The topological polar surface area (TPSA) is 150 Å². The van der Waals surface area contributed by atoms with Crippen molar-refractivity contribution in [1.29, 1.82) is 0 Å². The first-order valence-electron chi connectivity index (χ1n) is 6.71. The number of anilines is 1. The summed E-state index contributed by atoms with van der Waals surface area (Å²) in [7, 11) is -4.76. The molecule has 1 amide bonds. The Kier molecular flexibility index (Phi) is 4.95. The number of carbonyl (C=O) groups excluding carboxylic acids is 2. The van der Waals surface area contributed by atoms with Gasteiger partial charge in [-0.2, -0.15) is 8.42 Å². The van der Waals surface area contributed by atoms with Crippen molar-refractivity contribution >= 4 is 27.7 Å². The third-order valence-electron chi connectivity index (χ3n) is 2.95. The predicted molar refractivity (Wildman–Crippen MR) is 85.3 cm³/mol. The van der Waals surface area contributed by atoms with Gasteiger partial charge in [-0.25, -0.2) is 0 Å². The standard InChI is InChI=1S/C15H13NO8S/c1-8(17)24-10-4-2-3-9(5-10)16-15(20)11-6-13(19)14(7-12(11)18)25(21,22)23/h2-7,18-19H,1H3,(H,16,20)(H,21,22,23). The van der Waals surface area contributed by atoms with Gasteiger partial charge >= 0.3 is 5.97 Å². The number of amides is 1. The molecule has 2 rings (SSSR count). The summed E-state index contributed by atoms with van der Waals surface area (Å²) in [4.78, 5) is 22.2. The van der Waals surface area contributed by atoms with Gasteiger partial charge in [-0.05, 0) is 18.2 Å². The van der Waals surface area contributed by atoms with Crippen LogP contribution in [0.25, 0.3) is 0 Å². The molecule has 2 aromatic rings. The molecule has 0 radical (unpaired) electrons. The molecule has 4 N–H and O–H groups in total. The summed E-state index contributed by atoms with van der Waals surface area (Å²) in [6.07, 6.45) is 0. The first-order valence-corrected chi connectivity index (χ1v) is 8.15. The normalized spacial score (nSPS) is 11.0. The second-order valence-electron chi connectivity index (χ2n) is 4.89. The van der Waals surface area contributed by atoms with E-state index < -0.39 is 44.0 Å². The Hall–Kier alpha value is -3.11. The summed E-state index contributed by atoms with van der Waals surface area (Å²) < 4.78 is 35.9. The summed E-state index contributed by atoms with van der Waals surface area (Å²) in [5, 5.41) is 21.8. The van der Waals surface area contributed by atoms with E-state index in [1.54, 1.807) is 0 Å². The Balaban J connectivity index is 2.30. The van der Waals surface area contributed by atoms with Crippen LogP contribution in [0.15, 0.2) is 41.3 Å². The number of benzene rings is 2. The Morgan fingerprint density at radius 1 is 1.08 bits per heavy atom. The fourth-order valence-electron chi connectivity index (χ4n) is 1.95. The zero-order valence-corrected chi connectivity index (χ0v) is 13.6. The lowest BCUT2D eigenvalue weighted by molar-refractivity contribution is -0.131. The number of hydrogen-bond donors (Lipinski definition) is 4. The van der Waals surface area contributed by atoms with Gasteiger partial charge in [-0.15, -0.1) is 0 Å². The van der Waals surface area contributed by atoms with Gasteiger partial charge in [-0.3, -0.25) is 14.1 Å². The minimum Gasteiger partial charge on any atom is -0.507 e. The lowest BCUT2D eigenvalue weighted by Crippen LogP contribution is -2.13. The molecule has 0 saturated heterocycles. The van der Waals surface area contributed by atoms with E-state index in [9.17, 15) is 28.2 Å². The van der Waals surface area contributed by atoms with Crippen molar-refractivity contribution in [2.45, 2.75) is 11.8 Å². The summed E-state index contributed by atoms with van der Waals surface area (Å²) in [5.74, 6) is -2.90. The summed E-state index contributed by atoms with van der Waals surface area (Å²) >= 11 is 0. The number of ether oxygens (including phenoxy) is 1. The van der Waals surface area contributed by atoms with Gasteiger partial charge in [0.25, 0.3) is 16.0 Å². The van der Waals surface area contributed by atoms with Crippen LogP contribution in [0.4, 0.5) is 5.69 Å². The highest BCUT2D eigenvalue weighted by Gasteiger charge is 2.21. The third kappa shape index (κ3) is 4.46. The lowest BCUT2D eigenvalue weighted by atomic mass is 10.1. The van der Waals surface area contributed by atoms with Crippen LogP contribution in [0, 0.1) is 0 Å². The summed E-state index contributed by atoms with van der Waals surface area (Å²) in [6, 6.07) is 7.07. The lowest BCUT2D eigenvalue weighted by Gasteiger charge is -2.10. The number of carbonyl (C=O) groups is 2. The van der Waals surface area contributed by atoms with Gasteiger partial charge in [0.15, 0.2) is 0 Å². The molecule has 0 aromatic heterocycles. The van der Waals surface area contributed by atoms with Crippen molar-refractivity contribution < 1.29 is 37.5 Å². The van der Waals surface area contributed by atoms with E-state index in [-0.39, 0.29) is 11.4 Å². The first-order chi connectivity index (χ1) is 11.6. The molecule has 0 saturated carbocycles. The second-order valence-corrected chi connectivity index (χ2v) is 6.28. The van der Waals surface area contributed by atoms with Crippen molar-refractivity contribution in [2.24, 2.45) is 0 Å². The zero-order valence-electron chi connectivity index (χ0n) is 12.8. The molecule has 9 nitrogen and oxygen atoms in total. The highest BCUT2D eigenvalue weighted by molar-refractivity contribution is 7.86. The minimum absolute atomic E-state index is 0.180. The molecule has 0 heterocycles. The van der Waals surface area contributed by atoms with Crippen LogP contribution in [0.2, 0.25) is 0 Å². The highest BCUT2D eigenvalue weighted by Crippen LogP contribution is 2.31. The molecular weight excluding hydrogens is 354 g/mol. The van der Waals surface area contributed by atoms with Gasteiger partial charge < -0.3 is 20.3 Å². The molecule has 25 heavy (non-hydrogen) atoms. The number of hydrogen-bond acceptors (Lipinski definition) is 7. The third-order valence-corrected chi connectivity index (χ3v) is 3.84. The maximum atomic E-state index is 12.2. The van der Waals surface area contributed by atoms with Crippen molar-refractivity contribution in [3.63, 3.8) is 0 Å². The molecular formula is C15H13NO8S. The molecule has 132 valence electrons. The van der Waals surface area contributed by atoms with E-state index in [0.29, 0.717) is 12.1 Å². The van der Waals surface area contributed by atoms with Crippen LogP contribution >= 0.6 is 0 Å². The highest BCUT2D eigenvalue weighted by atomic mass is 32.2. The van der Waals surface area contributed by atoms with Crippen molar-refractivity contribution in [3.05, 3.63) is 42.0 Å². The molecule has 0 unspecified atom stereocenters. The van der Waals surface area contributed by atoms with E-state index in [2.05, 4.69) is 5.32 Å². The summed E-state index contributed by atoms with van der Waals surface area (Å²) in [5.41, 5.74) is -0.204. The Labute approximate surface area is 142 Å². The van der Waals surface area contributed by atoms with Gasteiger partial charge in [-0.1, -0.05) is 6.07 Å². The van der Waals surface area contributed by atoms with Crippen molar-refractivity contribution in [2.75, 3.05) is 5.32 Å². The average molecular weight is 367 g/mol. The minimum atomic E-state index is -4.76. The van der Waals surface area contributed by atoms with E-state index in [1.165, 1.54) is 31.2 Å². The average Bonchev–Trinajstić information content (AvgIpc) is 2.47. The number of aromatic hydroxyl groups is 2. The number of rotatable bonds is 4. The Morgan fingerprint density at radius 3 is 2.36 bits per heavy atom. The monoisotopic (exact) mass is 367 g/mol. The van der Waals surface area contributed by atoms with Gasteiger partial charge in [0.05, 0.1) is 5.56 Å². The SMILES string of the molecule is CC(=O)Oc1cccc(NC(=O)c2cc(O)c(S(=O)(=O)O)cc2O)c1. The molecule has 0 aliphatic heterocycles. The molecule has 0 aliphatic rings. The Morgan fingerprint density at radius 2 is 1.76 bits per heavy atom. The van der Waals surface area contributed by atoms with E-state index in [1.807, 2.05) is 0 Å². The largest absolute Gasteiger partial charge is 0.507 e. The maximum absolute atomic E-state index is 12.2. The fraction of sp³-hybridized carbons (Fsp3) is 0.0667. The predicted octanol–water partition coefficient (Wildman–Crippen LogP) is 1.52. The molecule has 2 aromatic carbocycles. The molecule has 0 aliphatic carbocycles. The zero-order chi connectivity index (χ0) is 18.8. The van der Waals surface area contributed by atoms with Crippen LogP contribution < -0.4 is 10.1 Å². The van der Waals surface area contributed by atoms with Crippen LogP contribution in [-0.4, -0.2) is 35.1 Å². The molecule has 10 heteroatoms. The number of esters is 1. The second kappa shape index (κ2) is 6.79. The van der Waals surface area contributed by atoms with Crippen molar-refractivity contribution in [1.82, 2.24) is 0 Å². The van der Waals surface area contributed by atoms with Crippen LogP contribution in [0.1, 0.15) is 17.3 Å².